The number of aryl methyl sites for hydroxylation is 2. The molecule has 0 spiro atoms. The van der Waals surface area contributed by atoms with E-state index in [9.17, 15) is 18.0 Å². The van der Waals surface area contributed by atoms with Gasteiger partial charge in [0.15, 0.2) is 0 Å². The molecule has 1 aromatic rings. The van der Waals surface area contributed by atoms with Gasteiger partial charge in [-0.25, -0.2) is 0 Å². The summed E-state index contributed by atoms with van der Waals surface area (Å²) in [5, 5.41) is 3.90. The average molecular weight is 377 g/mol. The summed E-state index contributed by atoms with van der Waals surface area (Å²) in [5.74, 6) is 0.414. The highest BCUT2D eigenvalue weighted by Gasteiger charge is 2.29. The second-order valence-electron chi connectivity index (χ2n) is 6.65. The van der Waals surface area contributed by atoms with Gasteiger partial charge in [-0.3, -0.25) is 9.69 Å². The van der Waals surface area contributed by atoms with E-state index in [4.69, 9.17) is 4.52 Å². The van der Waals surface area contributed by atoms with E-state index < -0.39 is 12.8 Å². The fraction of sp³-hybridized carbons (Fsp3) is 0.765. The van der Waals surface area contributed by atoms with Crippen LogP contribution in [0.15, 0.2) is 4.52 Å². The Balaban J connectivity index is 1.72. The summed E-state index contributed by atoms with van der Waals surface area (Å²) >= 11 is 0. The van der Waals surface area contributed by atoms with Gasteiger partial charge >= 0.3 is 6.18 Å². The zero-order valence-electron chi connectivity index (χ0n) is 15.4. The molecule has 6 nitrogen and oxygen atoms in total. The summed E-state index contributed by atoms with van der Waals surface area (Å²) in [5.41, 5.74) is 1.58. The summed E-state index contributed by atoms with van der Waals surface area (Å²) in [6.07, 6.45) is -3.73. The highest BCUT2D eigenvalue weighted by Crippen LogP contribution is 2.25. The van der Waals surface area contributed by atoms with E-state index in [1.807, 2.05) is 18.7 Å². The molecule has 0 N–H and O–H groups in total. The fourth-order valence-corrected chi connectivity index (χ4v) is 3.28. The Bertz CT molecular complexity index is 576. The van der Waals surface area contributed by atoms with Gasteiger partial charge in [0, 0.05) is 44.9 Å². The van der Waals surface area contributed by atoms with Crippen molar-refractivity contribution in [2.24, 2.45) is 0 Å². The second kappa shape index (κ2) is 8.85. The number of nitrogens with zero attached hydrogens (tertiary/aromatic N) is 3. The quantitative estimate of drug-likeness (QED) is 0.684. The van der Waals surface area contributed by atoms with Crippen molar-refractivity contribution in [2.75, 3.05) is 45.9 Å². The van der Waals surface area contributed by atoms with Crippen LogP contribution in [0.3, 0.4) is 0 Å². The Kier molecular flexibility index (Phi) is 7.05. The van der Waals surface area contributed by atoms with Gasteiger partial charge in [0.25, 0.3) is 0 Å². The van der Waals surface area contributed by atoms with Crippen molar-refractivity contribution < 1.29 is 27.2 Å². The number of carbonyl (C=O) groups excluding carboxylic acids is 1. The molecular weight excluding hydrogens is 351 g/mol. The maximum Gasteiger partial charge on any atom is 0.411 e. The Hall–Kier alpha value is -1.61. The van der Waals surface area contributed by atoms with E-state index in [-0.39, 0.29) is 18.4 Å². The molecule has 0 radical (unpaired) electrons. The highest BCUT2D eigenvalue weighted by molar-refractivity contribution is 5.84. The van der Waals surface area contributed by atoms with Crippen molar-refractivity contribution in [3.05, 3.63) is 17.0 Å². The minimum absolute atomic E-state index is 0.0487. The van der Waals surface area contributed by atoms with Crippen molar-refractivity contribution in [1.29, 1.82) is 0 Å². The Labute approximate surface area is 151 Å². The standard InChI is InChI=1S/C17H26F3N3O3/c1-12(15-13(2)21-26-14(15)3)16(24)23-8-6-22(7-9-23)5-4-10-25-11-17(18,19)20/h12H,4-11H2,1-3H3. The molecule has 1 unspecified atom stereocenters. The number of carbonyl (C=O) groups is 1. The van der Waals surface area contributed by atoms with Gasteiger partial charge in [0.05, 0.1) is 11.6 Å². The van der Waals surface area contributed by atoms with Crippen molar-refractivity contribution >= 4 is 5.91 Å². The topological polar surface area (TPSA) is 58.8 Å². The van der Waals surface area contributed by atoms with Gasteiger partial charge < -0.3 is 14.2 Å². The third kappa shape index (κ3) is 5.70. The van der Waals surface area contributed by atoms with Crippen molar-refractivity contribution in [3.8, 4) is 0 Å². The van der Waals surface area contributed by atoms with Crippen LogP contribution in [-0.2, 0) is 9.53 Å². The second-order valence-corrected chi connectivity index (χ2v) is 6.65. The molecule has 2 heterocycles. The zero-order valence-corrected chi connectivity index (χ0v) is 15.4. The first-order valence-corrected chi connectivity index (χ1v) is 8.77. The monoisotopic (exact) mass is 377 g/mol. The van der Waals surface area contributed by atoms with Gasteiger partial charge in [-0.1, -0.05) is 5.16 Å². The number of amides is 1. The molecule has 9 heteroatoms. The summed E-state index contributed by atoms with van der Waals surface area (Å²) in [7, 11) is 0. The molecule has 0 aromatic carbocycles. The summed E-state index contributed by atoms with van der Waals surface area (Å²) < 4.78 is 45.7. The number of aromatic nitrogens is 1. The van der Waals surface area contributed by atoms with Crippen LogP contribution in [0, 0.1) is 13.8 Å². The Morgan fingerprint density at radius 2 is 1.92 bits per heavy atom. The van der Waals surface area contributed by atoms with Gasteiger partial charge in [-0.15, -0.1) is 0 Å². The SMILES string of the molecule is Cc1noc(C)c1C(C)C(=O)N1CCN(CCCOCC(F)(F)F)CC1. The number of ether oxygens (including phenoxy) is 1. The van der Waals surface area contributed by atoms with Crippen LogP contribution < -0.4 is 0 Å². The van der Waals surface area contributed by atoms with E-state index in [1.54, 1.807) is 6.92 Å². The van der Waals surface area contributed by atoms with Gasteiger partial charge in [-0.05, 0) is 27.2 Å². The summed E-state index contributed by atoms with van der Waals surface area (Å²) in [6.45, 7) is 7.67. The van der Waals surface area contributed by atoms with Crippen LogP contribution in [0.5, 0.6) is 0 Å². The molecule has 1 aliphatic rings. The molecule has 1 saturated heterocycles. The van der Waals surface area contributed by atoms with Crippen LogP contribution >= 0.6 is 0 Å². The number of halogens is 3. The smallest absolute Gasteiger partial charge is 0.372 e. The van der Waals surface area contributed by atoms with Crippen molar-refractivity contribution in [1.82, 2.24) is 15.0 Å². The highest BCUT2D eigenvalue weighted by atomic mass is 19.4. The van der Waals surface area contributed by atoms with E-state index in [0.29, 0.717) is 44.9 Å². The van der Waals surface area contributed by atoms with Crippen LogP contribution in [0.2, 0.25) is 0 Å². The lowest BCUT2D eigenvalue weighted by Gasteiger charge is -2.36. The molecular formula is C17H26F3N3O3. The number of piperazine rings is 1. The molecule has 1 amide bonds. The third-order valence-corrected chi connectivity index (χ3v) is 4.60. The summed E-state index contributed by atoms with van der Waals surface area (Å²) in [4.78, 5) is 16.7. The predicted molar refractivity (Wildman–Crippen MR) is 88.9 cm³/mol. The van der Waals surface area contributed by atoms with Crippen molar-refractivity contribution in [2.45, 2.75) is 39.3 Å². The Morgan fingerprint density at radius 1 is 1.27 bits per heavy atom. The van der Waals surface area contributed by atoms with E-state index in [0.717, 1.165) is 11.3 Å². The maximum absolute atomic E-state index is 12.7. The molecule has 148 valence electrons. The molecule has 1 atom stereocenters. The van der Waals surface area contributed by atoms with Crippen molar-refractivity contribution in [3.63, 3.8) is 0 Å². The van der Waals surface area contributed by atoms with Gasteiger partial charge in [-0.2, -0.15) is 13.2 Å². The fourth-order valence-electron chi connectivity index (χ4n) is 3.28. The lowest BCUT2D eigenvalue weighted by Crippen LogP contribution is -2.50. The number of hydrogen-bond donors (Lipinski definition) is 0. The van der Waals surface area contributed by atoms with Crippen LogP contribution in [-0.4, -0.2) is 73.0 Å². The molecule has 1 aromatic heterocycles. The largest absolute Gasteiger partial charge is 0.411 e. The molecule has 0 bridgehead atoms. The van der Waals surface area contributed by atoms with Crippen LogP contribution in [0.25, 0.3) is 0 Å². The molecule has 1 fully saturated rings. The molecule has 2 rings (SSSR count). The molecule has 1 aliphatic heterocycles. The van der Waals surface area contributed by atoms with E-state index in [1.165, 1.54) is 0 Å². The Morgan fingerprint density at radius 3 is 2.46 bits per heavy atom. The first kappa shape index (κ1) is 20.7. The van der Waals surface area contributed by atoms with Gasteiger partial charge in [0.2, 0.25) is 5.91 Å². The van der Waals surface area contributed by atoms with E-state index >= 15 is 0 Å². The molecule has 0 aliphatic carbocycles. The molecule has 0 saturated carbocycles. The van der Waals surface area contributed by atoms with Crippen LogP contribution in [0.1, 0.15) is 36.3 Å². The number of alkyl halides is 3. The minimum atomic E-state index is -4.27. The third-order valence-electron chi connectivity index (χ3n) is 4.60. The lowest BCUT2D eigenvalue weighted by atomic mass is 9.97. The predicted octanol–water partition coefficient (Wildman–Crippen LogP) is 2.51. The number of rotatable bonds is 7. The number of hydrogen-bond acceptors (Lipinski definition) is 5. The van der Waals surface area contributed by atoms with E-state index in [2.05, 4.69) is 14.8 Å². The van der Waals surface area contributed by atoms with Crippen LogP contribution in [0.4, 0.5) is 13.2 Å². The maximum atomic E-state index is 12.7. The first-order valence-electron chi connectivity index (χ1n) is 8.77. The summed E-state index contributed by atoms with van der Waals surface area (Å²) in [6, 6.07) is 0. The lowest BCUT2D eigenvalue weighted by molar-refractivity contribution is -0.174. The normalized spacial score (nSPS) is 17.5. The van der Waals surface area contributed by atoms with Gasteiger partial charge in [0.1, 0.15) is 12.4 Å². The molecule has 26 heavy (non-hydrogen) atoms. The average Bonchev–Trinajstić information content (AvgIpc) is 2.91. The first-order chi connectivity index (χ1) is 12.2. The minimum Gasteiger partial charge on any atom is -0.372 e. The zero-order chi connectivity index (χ0) is 19.3.